The van der Waals surface area contributed by atoms with E-state index >= 15 is 0 Å². The summed E-state index contributed by atoms with van der Waals surface area (Å²) in [7, 11) is 0. The Balaban J connectivity index is 1.82. The third-order valence-electron chi connectivity index (χ3n) is 4.59. The number of halogens is 1. The zero-order chi connectivity index (χ0) is 21.1. The third-order valence-corrected chi connectivity index (χ3v) is 6.12. The summed E-state index contributed by atoms with van der Waals surface area (Å²) in [5, 5.41) is 26.0. The summed E-state index contributed by atoms with van der Waals surface area (Å²) in [4.78, 5) is 0.937. The van der Waals surface area contributed by atoms with Gasteiger partial charge in [-0.1, -0.05) is 60.2 Å². The SMILES string of the molecule is OCc1ccc[n+](/C(C(=S)Nc2cccc3ccccc23)=C(\O)c2ccc(Cl)s2)c1. The van der Waals surface area contributed by atoms with Crippen molar-refractivity contribution in [2.24, 2.45) is 0 Å². The lowest BCUT2D eigenvalue weighted by atomic mass is 10.1. The van der Waals surface area contributed by atoms with Gasteiger partial charge in [0.2, 0.25) is 5.76 Å². The van der Waals surface area contributed by atoms with Crippen molar-refractivity contribution in [1.82, 2.24) is 0 Å². The summed E-state index contributed by atoms with van der Waals surface area (Å²) in [6.45, 7) is -0.122. The van der Waals surface area contributed by atoms with Gasteiger partial charge in [0.15, 0.2) is 17.4 Å². The van der Waals surface area contributed by atoms with Crippen molar-refractivity contribution in [3.63, 3.8) is 0 Å². The maximum absolute atomic E-state index is 11.1. The van der Waals surface area contributed by atoms with Crippen molar-refractivity contribution in [2.45, 2.75) is 6.61 Å². The van der Waals surface area contributed by atoms with Crippen LogP contribution in [0, 0.1) is 0 Å². The zero-order valence-corrected chi connectivity index (χ0v) is 18.1. The molecule has 0 bridgehead atoms. The number of hydrogen-bond donors (Lipinski definition) is 3. The molecule has 150 valence electrons. The van der Waals surface area contributed by atoms with Crippen molar-refractivity contribution >= 4 is 68.1 Å². The quantitative estimate of drug-likeness (QED) is 0.158. The summed E-state index contributed by atoms with van der Waals surface area (Å²) in [5.41, 5.74) is 1.93. The minimum atomic E-state index is -0.122. The molecule has 4 aromatic rings. The second-order valence-electron chi connectivity index (χ2n) is 6.56. The molecule has 3 N–H and O–H groups in total. The fourth-order valence-electron chi connectivity index (χ4n) is 3.18. The number of thiocarbonyl (C=S) groups is 1. The lowest BCUT2D eigenvalue weighted by Gasteiger charge is -2.12. The number of benzene rings is 2. The van der Waals surface area contributed by atoms with Gasteiger partial charge in [0.05, 0.1) is 15.8 Å². The van der Waals surface area contributed by atoms with Gasteiger partial charge in [-0.05, 0) is 29.7 Å². The molecule has 0 fully saturated rings. The molecule has 0 atom stereocenters. The smallest absolute Gasteiger partial charge is 0.289 e. The van der Waals surface area contributed by atoms with E-state index in [0.717, 1.165) is 16.5 Å². The predicted octanol–water partition coefficient (Wildman–Crippen LogP) is 5.66. The van der Waals surface area contributed by atoms with Crippen LogP contribution >= 0.6 is 35.2 Å². The van der Waals surface area contributed by atoms with E-state index in [2.05, 4.69) is 5.32 Å². The third kappa shape index (κ3) is 4.22. The fraction of sp³-hybridized carbons (Fsp3) is 0.0435. The number of aromatic nitrogens is 1. The van der Waals surface area contributed by atoms with Crippen LogP contribution in [0.1, 0.15) is 10.4 Å². The summed E-state index contributed by atoms with van der Waals surface area (Å²) < 4.78 is 2.27. The Kier molecular flexibility index (Phi) is 6.11. The molecule has 2 aromatic heterocycles. The lowest BCUT2D eigenvalue weighted by Crippen LogP contribution is -2.39. The highest BCUT2D eigenvalue weighted by molar-refractivity contribution is 7.81. The first-order valence-corrected chi connectivity index (χ1v) is 10.8. The van der Waals surface area contributed by atoms with Crippen molar-refractivity contribution < 1.29 is 14.8 Å². The van der Waals surface area contributed by atoms with Crippen LogP contribution in [0.3, 0.4) is 0 Å². The number of thiophene rings is 1. The predicted molar refractivity (Wildman–Crippen MR) is 128 cm³/mol. The Bertz CT molecular complexity index is 1260. The van der Waals surface area contributed by atoms with Gasteiger partial charge in [-0.2, -0.15) is 4.57 Å². The average Bonchev–Trinajstić information content (AvgIpc) is 3.21. The summed E-state index contributed by atoms with van der Waals surface area (Å²) in [5.74, 6) is 0.00438. The second kappa shape index (κ2) is 8.93. The van der Waals surface area contributed by atoms with Crippen LogP contribution in [0.2, 0.25) is 4.34 Å². The second-order valence-corrected chi connectivity index (χ2v) is 8.68. The first-order chi connectivity index (χ1) is 14.6. The number of aliphatic hydroxyl groups is 2. The zero-order valence-electron chi connectivity index (χ0n) is 15.7. The normalized spacial score (nSPS) is 11.9. The van der Waals surface area contributed by atoms with Crippen molar-refractivity contribution in [2.75, 3.05) is 5.32 Å². The number of pyridine rings is 1. The number of nitrogens with one attached hydrogen (secondary N) is 1. The van der Waals surface area contributed by atoms with Gasteiger partial charge < -0.3 is 15.5 Å². The lowest BCUT2D eigenvalue weighted by molar-refractivity contribution is -0.576. The number of rotatable bonds is 5. The van der Waals surface area contributed by atoms with E-state index in [-0.39, 0.29) is 12.4 Å². The molecule has 4 nitrogen and oxygen atoms in total. The molecule has 30 heavy (non-hydrogen) atoms. The van der Waals surface area contributed by atoms with E-state index in [1.54, 1.807) is 41.2 Å². The van der Waals surface area contributed by atoms with Crippen LogP contribution in [-0.2, 0) is 6.61 Å². The van der Waals surface area contributed by atoms with E-state index in [0.29, 0.717) is 25.5 Å². The van der Waals surface area contributed by atoms with Crippen molar-refractivity contribution in [3.8, 4) is 0 Å². The molecule has 2 heterocycles. The molecule has 0 saturated carbocycles. The molecule has 0 aliphatic heterocycles. The molecule has 2 aromatic carbocycles. The Morgan fingerprint density at radius 3 is 2.60 bits per heavy atom. The van der Waals surface area contributed by atoms with Gasteiger partial charge in [0.25, 0.3) is 5.70 Å². The fourth-order valence-corrected chi connectivity index (χ4v) is 4.48. The maximum atomic E-state index is 11.1. The van der Waals surface area contributed by atoms with Crippen LogP contribution in [0.5, 0.6) is 0 Å². The molecule has 0 radical (unpaired) electrons. The maximum Gasteiger partial charge on any atom is 0.289 e. The van der Waals surface area contributed by atoms with Crippen LogP contribution in [0.4, 0.5) is 5.69 Å². The van der Waals surface area contributed by atoms with Gasteiger partial charge in [-0.3, -0.25) is 0 Å². The first kappa shape index (κ1) is 20.5. The summed E-state index contributed by atoms with van der Waals surface area (Å²) in [6.07, 6.45) is 3.51. The minimum Gasteiger partial charge on any atom is -0.501 e. The number of aliphatic hydroxyl groups excluding tert-OH is 2. The molecule has 4 rings (SSSR count). The van der Waals surface area contributed by atoms with E-state index in [4.69, 9.17) is 23.8 Å². The summed E-state index contributed by atoms with van der Waals surface area (Å²) in [6, 6.07) is 21.0. The van der Waals surface area contributed by atoms with E-state index in [9.17, 15) is 10.2 Å². The van der Waals surface area contributed by atoms with E-state index < -0.39 is 0 Å². The highest BCUT2D eigenvalue weighted by Crippen LogP contribution is 2.30. The molecule has 7 heteroatoms. The highest BCUT2D eigenvalue weighted by Gasteiger charge is 2.25. The first-order valence-electron chi connectivity index (χ1n) is 9.16. The van der Waals surface area contributed by atoms with Crippen LogP contribution in [-0.4, -0.2) is 15.2 Å². The molecular weight excluding hydrogens is 436 g/mol. The number of hydrogen-bond acceptors (Lipinski definition) is 4. The van der Waals surface area contributed by atoms with Gasteiger partial charge in [-0.15, -0.1) is 11.3 Å². The van der Waals surface area contributed by atoms with Crippen molar-refractivity contribution in [1.29, 1.82) is 0 Å². The topological polar surface area (TPSA) is 56.4 Å². The molecule has 0 spiro atoms. The van der Waals surface area contributed by atoms with Gasteiger partial charge in [0, 0.05) is 22.7 Å². The summed E-state index contributed by atoms with van der Waals surface area (Å²) >= 11 is 13.1. The average molecular weight is 454 g/mol. The van der Waals surface area contributed by atoms with Gasteiger partial charge >= 0.3 is 0 Å². The Hall–Kier alpha value is -2.77. The molecular formula is C23H18ClN2O2S2+. The van der Waals surface area contributed by atoms with Gasteiger partial charge in [0.1, 0.15) is 0 Å². The van der Waals surface area contributed by atoms with Gasteiger partial charge in [-0.25, -0.2) is 0 Å². The van der Waals surface area contributed by atoms with Crippen LogP contribution in [0.15, 0.2) is 79.1 Å². The van der Waals surface area contributed by atoms with Crippen LogP contribution in [0.25, 0.3) is 22.2 Å². The Morgan fingerprint density at radius 1 is 1.03 bits per heavy atom. The number of anilines is 1. The van der Waals surface area contributed by atoms with E-state index in [1.807, 2.05) is 42.5 Å². The standard InChI is InChI=1S/C23H17ClN2O2S2/c24-20-11-10-19(30-20)22(28)21(26-12-4-5-15(13-26)14-27)23(29)25-18-9-3-7-16-6-1-2-8-17(16)18/h1-13,27H,14H2,(H-,25,28,29)/p+1. The molecule has 0 aliphatic carbocycles. The van der Waals surface area contributed by atoms with Crippen molar-refractivity contribution in [3.05, 3.63) is 93.9 Å². The monoisotopic (exact) mass is 453 g/mol. The number of fused-ring (bicyclic) bond motifs is 1. The molecule has 0 amide bonds. The highest BCUT2D eigenvalue weighted by atomic mass is 35.5. The van der Waals surface area contributed by atoms with E-state index in [1.165, 1.54) is 11.3 Å². The largest absolute Gasteiger partial charge is 0.501 e. The molecule has 0 aliphatic rings. The number of nitrogens with zero attached hydrogens (tertiary/aromatic N) is 1. The minimum absolute atomic E-state index is 0.00438. The Morgan fingerprint density at radius 2 is 1.83 bits per heavy atom. The Labute approximate surface area is 188 Å². The van der Waals surface area contributed by atoms with Crippen LogP contribution < -0.4 is 9.88 Å². The molecule has 0 unspecified atom stereocenters. The molecule has 0 saturated heterocycles.